The third-order valence-corrected chi connectivity index (χ3v) is 5.29. The predicted octanol–water partition coefficient (Wildman–Crippen LogP) is 2.92. The van der Waals surface area contributed by atoms with E-state index in [0.29, 0.717) is 29.2 Å². The maximum Gasteiger partial charge on any atom is 0.234 e. The molecule has 2 aliphatic heterocycles. The van der Waals surface area contributed by atoms with Crippen molar-refractivity contribution >= 4 is 11.7 Å². The van der Waals surface area contributed by atoms with Crippen LogP contribution in [0.15, 0.2) is 42.5 Å². The van der Waals surface area contributed by atoms with Crippen molar-refractivity contribution in [3.05, 3.63) is 53.6 Å². The third kappa shape index (κ3) is 2.72. The molecule has 0 radical (unpaired) electrons. The molecule has 1 saturated heterocycles. The van der Waals surface area contributed by atoms with Crippen molar-refractivity contribution in [3.63, 3.8) is 0 Å². The van der Waals surface area contributed by atoms with Gasteiger partial charge in [-0.25, -0.2) is 0 Å². The molecule has 2 aliphatic rings. The smallest absolute Gasteiger partial charge is 0.234 e. The second kappa shape index (κ2) is 6.30. The van der Waals surface area contributed by atoms with Crippen molar-refractivity contribution in [2.45, 2.75) is 25.0 Å². The van der Waals surface area contributed by atoms with E-state index in [1.54, 1.807) is 31.4 Å². The number of carbonyl (C=O) groups excluding carboxylic acids is 2. The van der Waals surface area contributed by atoms with Crippen LogP contribution < -0.4 is 19.5 Å². The SMILES string of the molecule is COc1ccccc1C(=O)C1C(=O)NC2(C)CC1c1cccc(OC)c1O2. The normalized spacial score (nSPS) is 25.7. The molecule has 4 rings (SSSR count). The van der Waals surface area contributed by atoms with Crippen LogP contribution in [0.4, 0.5) is 0 Å². The number of para-hydroxylation sites is 2. The van der Waals surface area contributed by atoms with Gasteiger partial charge in [-0.15, -0.1) is 0 Å². The summed E-state index contributed by atoms with van der Waals surface area (Å²) < 4.78 is 16.8. The fourth-order valence-electron chi connectivity index (χ4n) is 4.10. The monoisotopic (exact) mass is 367 g/mol. The lowest BCUT2D eigenvalue weighted by Gasteiger charge is -2.47. The number of benzene rings is 2. The average Bonchev–Trinajstić information content (AvgIpc) is 2.66. The molecule has 3 atom stereocenters. The summed E-state index contributed by atoms with van der Waals surface area (Å²) in [5.74, 6) is -0.129. The first-order valence-electron chi connectivity index (χ1n) is 8.82. The quantitative estimate of drug-likeness (QED) is 0.664. The summed E-state index contributed by atoms with van der Waals surface area (Å²) in [7, 11) is 3.08. The van der Waals surface area contributed by atoms with E-state index < -0.39 is 11.6 Å². The summed E-state index contributed by atoms with van der Waals surface area (Å²) in [5, 5.41) is 2.88. The van der Waals surface area contributed by atoms with Crippen LogP contribution in [0.1, 0.15) is 35.2 Å². The molecule has 1 N–H and O–H groups in total. The molecule has 2 heterocycles. The Hall–Kier alpha value is -3.02. The van der Waals surface area contributed by atoms with E-state index in [1.807, 2.05) is 25.1 Å². The number of fused-ring (bicyclic) bond motifs is 4. The lowest BCUT2D eigenvalue weighted by atomic mass is 9.72. The molecule has 140 valence electrons. The van der Waals surface area contributed by atoms with Gasteiger partial charge < -0.3 is 19.5 Å². The van der Waals surface area contributed by atoms with Gasteiger partial charge in [-0.2, -0.15) is 0 Å². The Bertz CT molecular complexity index is 925. The largest absolute Gasteiger partial charge is 0.496 e. The number of ether oxygens (including phenoxy) is 3. The summed E-state index contributed by atoms with van der Waals surface area (Å²) in [4.78, 5) is 26.3. The van der Waals surface area contributed by atoms with E-state index in [0.717, 1.165) is 5.56 Å². The third-order valence-electron chi connectivity index (χ3n) is 5.29. The van der Waals surface area contributed by atoms with Crippen molar-refractivity contribution in [1.82, 2.24) is 5.32 Å². The predicted molar refractivity (Wildman–Crippen MR) is 98.3 cm³/mol. The zero-order chi connectivity index (χ0) is 19.2. The highest BCUT2D eigenvalue weighted by Crippen LogP contribution is 2.50. The first kappa shape index (κ1) is 17.4. The van der Waals surface area contributed by atoms with E-state index in [9.17, 15) is 9.59 Å². The van der Waals surface area contributed by atoms with Gasteiger partial charge in [0.05, 0.1) is 19.8 Å². The Morgan fingerprint density at radius 2 is 1.81 bits per heavy atom. The summed E-state index contributed by atoms with van der Waals surface area (Å²) in [6.07, 6.45) is 0.504. The molecule has 1 amide bonds. The number of hydrogen-bond acceptors (Lipinski definition) is 5. The lowest BCUT2D eigenvalue weighted by molar-refractivity contribution is -0.137. The fourth-order valence-corrected chi connectivity index (χ4v) is 4.10. The van der Waals surface area contributed by atoms with Gasteiger partial charge in [0.2, 0.25) is 5.91 Å². The second-order valence-corrected chi connectivity index (χ2v) is 7.05. The zero-order valence-corrected chi connectivity index (χ0v) is 15.4. The van der Waals surface area contributed by atoms with Gasteiger partial charge >= 0.3 is 0 Å². The number of piperidine rings is 1. The van der Waals surface area contributed by atoms with Gasteiger partial charge in [-0.05, 0) is 25.1 Å². The van der Waals surface area contributed by atoms with Gasteiger partial charge in [0.1, 0.15) is 11.7 Å². The standard InChI is InChI=1S/C21H21NO5/c1-21-11-14(12-8-6-10-16(26-3)19(12)27-21)17(20(24)22-21)18(23)13-7-4-5-9-15(13)25-2/h4-10,14,17H,11H2,1-3H3,(H,22,24). The summed E-state index contributed by atoms with van der Waals surface area (Å²) in [5.41, 5.74) is 0.343. The maximum absolute atomic E-state index is 13.3. The molecular formula is C21H21NO5. The number of nitrogens with one attached hydrogen (secondary N) is 1. The number of Topliss-reactive ketones (excluding diaryl/α,β-unsaturated/α-hetero) is 1. The van der Waals surface area contributed by atoms with Crippen LogP contribution in [0.25, 0.3) is 0 Å². The van der Waals surface area contributed by atoms with E-state index >= 15 is 0 Å². The number of amides is 1. The molecule has 2 aromatic carbocycles. The van der Waals surface area contributed by atoms with E-state index in [-0.39, 0.29) is 17.6 Å². The van der Waals surface area contributed by atoms with Gasteiger partial charge in [-0.3, -0.25) is 9.59 Å². The molecule has 3 unspecified atom stereocenters. The fraction of sp³-hybridized carbons (Fsp3) is 0.333. The van der Waals surface area contributed by atoms with Crippen molar-refractivity contribution in [1.29, 1.82) is 0 Å². The molecule has 1 fully saturated rings. The Kier molecular flexibility index (Phi) is 4.06. The highest BCUT2D eigenvalue weighted by Gasteiger charge is 2.52. The minimum atomic E-state index is -0.874. The summed E-state index contributed by atoms with van der Waals surface area (Å²) in [6.45, 7) is 1.82. The van der Waals surface area contributed by atoms with Gasteiger partial charge in [0, 0.05) is 17.9 Å². The molecule has 0 aromatic heterocycles. The van der Waals surface area contributed by atoms with Crippen LogP contribution in [-0.2, 0) is 4.79 Å². The summed E-state index contributed by atoms with van der Waals surface area (Å²) in [6, 6.07) is 12.5. The van der Waals surface area contributed by atoms with Crippen molar-refractivity contribution < 1.29 is 23.8 Å². The Morgan fingerprint density at radius 1 is 1.11 bits per heavy atom. The molecule has 0 spiro atoms. The van der Waals surface area contributed by atoms with Gasteiger partial charge in [0.25, 0.3) is 0 Å². The molecule has 27 heavy (non-hydrogen) atoms. The highest BCUT2D eigenvalue weighted by molar-refractivity contribution is 6.12. The van der Waals surface area contributed by atoms with Crippen LogP contribution in [0.2, 0.25) is 0 Å². The van der Waals surface area contributed by atoms with Crippen LogP contribution in [0.3, 0.4) is 0 Å². The van der Waals surface area contributed by atoms with Gasteiger partial charge in [-0.1, -0.05) is 24.3 Å². The number of carbonyl (C=O) groups is 2. The van der Waals surface area contributed by atoms with E-state index in [4.69, 9.17) is 14.2 Å². The maximum atomic E-state index is 13.3. The lowest BCUT2D eigenvalue weighted by Crippen LogP contribution is -2.61. The first-order valence-corrected chi connectivity index (χ1v) is 8.82. The first-order chi connectivity index (χ1) is 13.0. The molecule has 2 aromatic rings. The molecule has 2 bridgehead atoms. The molecule has 6 heteroatoms. The number of rotatable bonds is 4. The van der Waals surface area contributed by atoms with Crippen LogP contribution >= 0.6 is 0 Å². The van der Waals surface area contributed by atoms with Crippen LogP contribution in [0.5, 0.6) is 17.2 Å². The van der Waals surface area contributed by atoms with Crippen LogP contribution in [-0.4, -0.2) is 31.6 Å². The van der Waals surface area contributed by atoms with Crippen molar-refractivity contribution in [2.75, 3.05) is 14.2 Å². The van der Waals surface area contributed by atoms with E-state index in [2.05, 4.69) is 5.32 Å². The number of hydrogen-bond donors (Lipinski definition) is 1. The Balaban J connectivity index is 1.82. The average molecular weight is 367 g/mol. The zero-order valence-electron chi connectivity index (χ0n) is 15.4. The van der Waals surface area contributed by atoms with Crippen molar-refractivity contribution in [2.24, 2.45) is 5.92 Å². The number of ketones is 1. The Morgan fingerprint density at radius 3 is 2.56 bits per heavy atom. The molecule has 0 aliphatic carbocycles. The highest BCUT2D eigenvalue weighted by atomic mass is 16.5. The molecular weight excluding hydrogens is 346 g/mol. The molecule has 0 saturated carbocycles. The van der Waals surface area contributed by atoms with Crippen molar-refractivity contribution in [3.8, 4) is 17.2 Å². The van der Waals surface area contributed by atoms with Gasteiger partial charge in [0.15, 0.2) is 23.0 Å². The summed E-state index contributed by atoms with van der Waals surface area (Å²) >= 11 is 0. The minimum Gasteiger partial charge on any atom is -0.496 e. The minimum absolute atomic E-state index is 0.257. The second-order valence-electron chi connectivity index (χ2n) is 7.05. The van der Waals surface area contributed by atoms with Crippen LogP contribution in [0, 0.1) is 5.92 Å². The van der Waals surface area contributed by atoms with E-state index in [1.165, 1.54) is 7.11 Å². The Labute approximate surface area is 157 Å². The topological polar surface area (TPSA) is 73.9 Å². The number of methoxy groups -OCH3 is 2. The molecule has 6 nitrogen and oxygen atoms in total.